The molecular formula is C22H33N3O2. The van der Waals surface area contributed by atoms with Crippen LogP contribution in [0, 0.1) is 5.92 Å². The quantitative estimate of drug-likeness (QED) is 0.836. The summed E-state index contributed by atoms with van der Waals surface area (Å²) in [4.78, 5) is 30.0. The molecule has 5 nitrogen and oxygen atoms in total. The van der Waals surface area contributed by atoms with Crippen molar-refractivity contribution in [3.8, 4) is 0 Å². The van der Waals surface area contributed by atoms with Crippen molar-refractivity contribution in [2.75, 3.05) is 26.2 Å². The van der Waals surface area contributed by atoms with Gasteiger partial charge in [-0.2, -0.15) is 0 Å². The number of hydrogen-bond acceptors (Lipinski definition) is 3. The van der Waals surface area contributed by atoms with E-state index in [1.165, 1.54) is 25.7 Å². The van der Waals surface area contributed by atoms with Crippen molar-refractivity contribution < 1.29 is 9.59 Å². The summed E-state index contributed by atoms with van der Waals surface area (Å²) in [5.41, 5.74) is 0.968. The van der Waals surface area contributed by atoms with Crippen molar-refractivity contribution in [3.63, 3.8) is 0 Å². The molecule has 2 aliphatic rings. The molecule has 1 N–H and O–H groups in total. The number of piperazine rings is 1. The van der Waals surface area contributed by atoms with Crippen molar-refractivity contribution in [3.05, 3.63) is 35.9 Å². The van der Waals surface area contributed by atoms with E-state index < -0.39 is 6.04 Å². The van der Waals surface area contributed by atoms with Crippen LogP contribution >= 0.6 is 0 Å². The fraction of sp³-hybridized carbons (Fsp3) is 0.636. The summed E-state index contributed by atoms with van der Waals surface area (Å²) in [5.74, 6) is 0.0559. The molecule has 2 fully saturated rings. The monoisotopic (exact) mass is 371 g/mol. The highest BCUT2D eigenvalue weighted by molar-refractivity contribution is 5.88. The van der Waals surface area contributed by atoms with E-state index in [-0.39, 0.29) is 17.7 Å². The molecule has 2 amide bonds. The maximum atomic E-state index is 13.0. The molecule has 1 atom stereocenters. The highest BCUT2D eigenvalue weighted by Crippen LogP contribution is 2.24. The van der Waals surface area contributed by atoms with Gasteiger partial charge in [0.15, 0.2) is 0 Å². The average Bonchev–Trinajstić information content (AvgIpc) is 3.21. The minimum atomic E-state index is -0.445. The molecule has 5 heteroatoms. The molecule has 27 heavy (non-hydrogen) atoms. The van der Waals surface area contributed by atoms with Gasteiger partial charge in [0.25, 0.3) is 0 Å². The predicted octanol–water partition coefficient (Wildman–Crippen LogP) is 2.46. The first kappa shape index (κ1) is 19.9. The maximum absolute atomic E-state index is 13.0. The number of carbonyl (C=O) groups is 2. The first-order valence-corrected chi connectivity index (χ1v) is 10.4. The van der Waals surface area contributed by atoms with Gasteiger partial charge in [-0.1, -0.05) is 57.0 Å². The Morgan fingerprint density at radius 2 is 1.67 bits per heavy atom. The number of benzene rings is 1. The zero-order chi connectivity index (χ0) is 19.2. The second kappa shape index (κ2) is 9.36. The molecule has 1 aromatic rings. The van der Waals surface area contributed by atoms with Crippen molar-refractivity contribution in [2.45, 2.75) is 58.0 Å². The van der Waals surface area contributed by atoms with E-state index in [1.807, 2.05) is 49.1 Å². The van der Waals surface area contributed by atoms with E-state index in [1.54, 1.807) is 0 Å². The number of hydrogen-bond donors (Lipinski definition) is 1. The zero-order valence-corrected chi connectivity index (χ0v) is 16.7. The van der Waals surface area contributed by atoms with Crippen LogP contribution in [0.1, 0.15) is 45.1 Å². The summed E-state index contributed by atoms with van der Waals surface area (Å²) in [6.07, 6.45) is 5.60. The Morgan fingerprint density at radius 3 is 2.26 bits per heavy atom. The lowest BCUT2D eigenvalue weighted by molar-refractivity contribution is -0.139. The summed E-state index contributed by atoms with van der Waals surface area (Å²) in [6, 6.07) is 9.94. The van der Waals surface area contributed by atoms with Gasteiger partial charge in [0.2, 0.25) is 11.8 Å². The van der Waals surface area contributed by atoms with E-state index in [4.69, 9.17) is 0 Å². The Morgan fingerprint density at radius 1 is 1.04 bits per heavy atom. The van der Waals surface area contributed by atoms with E-state index in [9.17, 15) is 9.59 Å². The fourth-order valence-corrected chi connectivity index (χ4v) is 4.29. The minimum absolute atomic E-state index is 0.0671. The molecule has 1 saturated carbocycles. The second-order valence-electron chi connectivity index (χ2n) is 8.25. The third-order valence-corrected chi connectivity index (χ3v) is 5.92. The van der Waals surface area contributed by atoms with Crippen LogP contribution in [0.4, 0.5) is 0 Å². The highest BCUT2D eigenvalue weighted by atomic mass is 16.2. The highest BCUT2D eigenvalue weighted by Gasteiger charge is 2.32. The molecule has 3 rings (SSSR count). The Labute approximate surface area is 163 Å². The lowest BCUT2D eigenvalue weighted by atomic mass is 10.0. The molecule has 1 heterocycles. The molecule has 0 radical (unpaired) electrons. The molecule has 148 valence electrons. The van der Waals surface area contributed by atoms with Crippen molar-refractivity contribution >= 4 is 11.8 Å². The van der Waals surface area contributed by atoms with Crippen LogP contribution in [0.5, 0.6) is 0 Å². The van der Waals surface area contributed by atoms with E-state index in [0.29, 0.717) is 12.5 Å². The van der Waals surface area contributed by atoms with Crippen LogP contribution in [0.3, 0.4) is 0 Å². The third kappa shape index (κ3) is 5.32. The first-order valence-electron chi connectivity index (χ1n) is 10.4. The number of nitrogens with one attached hydrogen (secondary N) is 1. The summed E-state index contributed by atoms with van der Waals surface area (Å²) >= 11 is 0. The van der Waals surface area contributed by atoms with Crippen molar-refractivity contribution in [1.29, 1.82) is 0 Å². The average molecular weight is 372 g/mol. The van der Waals surface area contributed by atoms with Crippen LogP contribution in [-0.2, 0) is 16.0 Å². The maximum Gasteiger partial charge on any atom is 0.245 e. The Kier molecular flexibility index (Phi) is 6.89. The predicted molar refractivity (Wildman–Crippen MR) is 107 cm³/mol. The normalized spacial score (nSPS) is 20.0. The number of nitrogens with zero attached hydrogens (tertiary/aromatic N) is 2. The molecule has 0 spiro atoms. The van der Waals surface area contributed by atoms with Crippen LogP contribution in [-0.4, -0.2) is 59.9 Å². The minimum Gasteiger partial charge on any atom is -0.344 e. The summed E-state index contributed by atoms with van der Waals surface area (Å²) in [7, 11) is 0. The van der Waals surface area contributed by atoms with Crippen molar-refractivity contribution in [1.82, 2.24) is 15.1 Å². The van der Waals surface area contributed by atoms with Gasteiger partial charge in [0.05, 0.1) is 6.42 Å². The molecule has 1 saturated heterocycles. The summed E-state index contributed by atoms with van der Waals surface area (Å²) in [5, 5.41) is 2.98. The SMILES string of the molecule is CC(C)C(NC(=O)Cc1ccccc1)C(=O)N1CCN(C2CCCC2)CC1. The first-order chi connectivity index (χ1) is 13.0. The molecule has 0 bridgehead atoms. The third-order valence-electron chi connectivity index (χ3n) is 5.92. The van der Waals surface area contributed by atoms with Crippen LogP contribution in [0.15, 0.2) is 30.3 Å². The van der Waals surface area contributed by atoms with Gasteiger partial charge in [-0.3, -0.25) is 14.5 Å². The molecule has 1 aromatic carbocycles. The van der Waals surface area contributed by atoms with E-state index in [2.05, 4.69) is 10.2 Å². The largest absolute Gasteiger partial charge is 0.344 e. The van der Waals surface area contributed by atoms with E-state index in [0.717, 1.165) is 31.7 Å². The Bertz CT molecular complexity index is 618. The van der Waals surface area contributed by atoms with Gasteiger partial charge < -0.3 is 10.2 Å². The zero-order valence-electron chi connectivity index (χ0n) is 16.7. The standard InChI is InChI=1S/C22H33N3O2/c1-17(2)21(23-20(26)16-18-8-4-3-5-9-18)22(27)25-14-12-24(13-15-25)19-10-6-7-11-19/h3-5,8-9,17,19,21H,6-7,10-16H2,1-2H3,(H,23,26). The van der Waals surface area contributed by atoms with Gasteiger partial charge in [0.1, 0.15) is 6.04 Å². The molecule has 1 unspecified atom stereocenters. The van der Waals surface area contributed by atoms with Gasteiger partial charge >= 0.3 is 0 Å². The van der Waals surface area contributed by atoms with Crippen LogP contribution < -0.4 is 5.32 Å². The number of rotatable bonds is 6. The van der Waals surface area contributed by atoms with Gasteiger partial charge in [0, 0.05) is 32.2 Å². The van der Waals surface area contributed by atoms with Crippen molar-refractivity contribution in [2.24, 2.45) is 5.92 Å². The van der Waals surface area contributed by atoms with Crippen LogP contribution in [0.2, 0.25) is 0 Å². The second-order valence-corrected chi connectivity index (χ2v) is 8.25. The Hall–Kier alpha value is -1.88. The molecule has 0 aromatic heterocycles. The van der Waals surface area contributed by atoms with Crippen LogP contribution in [0.25, 0.3) is 0 Å². The number of amides is 2. The van der Waals surface area contributed by atoms with Gasteiger partial charge in [-0.25, -0.2) is 0 Å². The number of carbonyl (C=O) groups excluding carboxylic acids is 2. The fourth-order valence-electron chi connectivity index (χ4n) is 4.29. The summed E-state index contributed by atoms with van der Waals surface area (Å²) in [6.45, 7) is 7.46. The Balaban J connectivity index is 1.53. The topological polar surface area (TPSA) is 52.7 Å². The smallest absolute Gasteiger partial charge is 0.245 e. The van der Waals surface area contributed by atoms with E-state index >= 15 is 0 Å². The van der Waals surface area contributed by atoms with Gasteiger partial charge in [-0.15, -0.1) is 0 Å². The van der Waals surface area contributed by atoms with Gasteiger partial charge in [-0.05, 0) is 24.3 Å². The molecule has 1 aliphatic carbocycles. The molecular weight excluding hydrogens is 338 g/mol. The lowest BCUT2D eigenvalue weighted by Gasteiger charge is -2.39. The molecule has 1 aliphatic heterocycles. The summed E-state index contributed by atoms with van der Waals surface area (Å²) < 4.78 is 0. The lowest BCUT2D eigenvalue weighted by Crippen LogP contribution is -2.57.